The van der Waals surface area contributed by atoms with Gasteiger partial charge in [-0.3, -0.25) is 20.2 Å². The van der Waals surface area contributed by atoms with Gasteiger partial charge in [-0.15, -0.1) is 0 Å². The van der Waals surface area contributed by atoms with Crippen LogP contribution in [0.15, 0.2) is 24.3 Å². The van der Waals surface area contributed by atoms with Crippen LogP contribution in [0.4, 0.5) is 5.69 Å². The first kappa shape index (κ1) is 15.4. The summed E-state index contributed by atoms with van der Waals surface area (Å²) in [6.45, 7) is 6.65. The van der Waals surface area contributed by atoms with Gasteiger partial charge in [0, 0.05) is 18.7 Å². The van der Waals surface area contributed by atoms with Gasteiger partial charge < -0.3 is 4.90 Å². The minimum absolute atomic E-state index is 0.0464. The second-order valence-corrected chi connectivity index (χ2v) is 5.73. The fourth-order valence-electron chi connectivity index (χ4n) is 2.74. The summed E-state index contributed by atoms with van der Waals surface area (Å²) >= 11 is 0. The van der Waals surface area contributed by atoms with Crippen molar-refractivity contribution < 1.29 is 9.72 Å². The van der Waals surface area contributed by atoms with Crippen molar-refractivity contribution in [2.24, 2.45) is 5.92 Å². The van der Waals surface area contributed by atoms with E-state index in [4.69, 9.17) is 0 Å². The van der Waals surface area contributed by atoms with Gasteiger partial charge in [-0.1, -0.05) is 26.0 Å². The number of nitro benzene ring substituents is 1. The molecule has 2 unspecified atom stereocenters. The van der Waals surface area contributed by atoms with E-state index in [2.05, 4.69) is 19.2 Å². The zero-order chi connectivity index (χ0) is 15.6. The third kappa shape index (κ3) is 3.21. The molecule has 1 amide bonds. The summed E-state index contributed by atoms with van der Waals surface area (Å²) in [6, 6.07) is 6.25. The lowest BCUT2D eigenvalue weighted by atomic mass is 10.0. The van der Waals surface area contributed by atoms with Crippen LogP contribution < -0.4 is 5.32 Å². The summed E-state index contributed by atoms with van der Waals surface area (Å²) in [5.74, 6) is 0.483. The number of likely N-dealkylation sites (N-methyl/N-ethyl adjacent to an activating group) is 1. The average Bonchev–Trinajstić information content (AvgIpc) is 2.75. The highest BCUT2D eigenvalue weighted by Crippen LogP contribution is 2.29. The van der Waals surface area contributed by atoms with Crippen molar-refractivity contribution in [3.63, 3.8) is 0 Å². The van der Waals surface area contributed by atoms with Gasteiger partial charge in [0.1, 0.15) is 6.17 Å². The molecule has 0 bridgehead atoms. The Morgan fingerprint density at radius 3 is 2.71 bits per heavy atom. The lowest BCUT2D eigenvalue weighted by Gasteiger charge is -2.22. The molecule has 1 aliphatic heterocycles. The highest BCUT2D eigenvalue weighted by Gasteiger charge is 2.39. The SMILES string of the molecule is CCN1C(=O)C(CC(C)C)NC1c1cccc([N+](=O)[O-])c1. The number of rotatable bonds is 5. The molecule has 1 heterocycles. The van der Waals surface area contributed by atoms with Gasteiger partial charge in [-0.05, 0) is 24.8 Å². The second kappa shape index (κ2) is 6.22. The zero-order valence-electron chi connectivity index (χ0n) is 12.6. The standard InChI is InChI=1S/C15H21N3O3/c1-4-17-14(16-13(15(17)19)8-10(2)3)11-6-5-7-12(9-11)18(20)21/h5-7,9-10,13-14,16H,4,8H2,1-3H3. The van der Waals surface area contributed by atoms with Crippen LogP contribution in [0.3, 0.4) is 0 Å². The molecule has 1 N–H and O–H groups in total. The highest BCUT2D eigenvalue weighted by atomic mass is 16.6. The highest BCUT2D eigenvalue weighted by molar-refractivity contribution is 5.84. The van der Waals surface area contributed by atoms with Gasteiger partial charge >= 0.3 is 0 Å². The lowest BCUT2D eigenvalue weighted by molar-refractivity contribution is -0.385. The summed E-state index contributed by atoms with van der Waals surface area (Å²) in [6.07, 6.45) is 0.479. The predicted octanol–water partition coefficient (Wildman–Crippen LogP) is 2.46. The van der Waals surface area contributed by atoms with Crippen LogP contribution in [0.5, 0.6) is 0 Å². The molecule has 2 atom stereocenters. The molecule has 114 valence electrons. The van der Waals surface area contributed by atoms with Crippen LogP contribution in [0, 0.1) is 16.0 Å². The summed E-state index contributed by atoms with van der Waals surface area (Å²) in [5, 5.41) is 14.2. The molecule has 1 fully saturated rings. The maximum atomic E-state index is 12.4. The number of amides is 1. The first-order valence-corrected chi connectivity index (χ1v) is 7.25. The minimum Gasteiger partial charge on any atom is -0.322 e. The molecule has 6 nitrogen and oxygen atoms in total. The number of nitrogens with one attached hydrogen (secondary N) is 1. The van der Waals surface area contributed by atoms with Crippen LogP contribution in [-0.2, 0) is 4.79 Å². The first-order chi connectivity index (χ1) is 9.93. The average molecular weight is 291 g/mol. The van der Waals surface area contributed by atoms with Crippen molar-refractivity contribution >= 4 is 11.6 Å². The van der Waals surface area contributed by atoms with Crippen molar-refractivity contribution in [3.8, 4) is 0 Å². The van der Waals surface area contributed by atoms with Crippen molar-refractivity contribution in [1.82, 2.24) is 10.2 Å². The van der Waals surface area contributed by atoms with Crippen molar-refractivity contribution in [1.29, 1.82) is 0 Å². The summed E-state index contributed by atoms with van der Waals surface area (Å²) in [7, 11) is 0. The number of non-ortho nitro benzene ring substituents is 1. The number of benzene rings is 1. The number of hydrogen-bond donors (Lipinski definition) is 1. The topological polar surface area (TPSA) is 75.5 Å². The summed E-state index contributed by atoms with van der Waals surface area (Å²) in [5.41, 5.74) is 0.802. The largest absolute Gasteiger partial charge is 0.322 e. The Hall–Kier alpha value is -1.95. The molecule has 21 heavy (non-hydrogen) atoms. The molecule has 0 saturated carbocycles. The van der Waals surface area contributed by atoms with Crippen molar-refractivity contribution in [2.45, 2.75) is 39.4 Å². The van der Waals surface area contributed by atoms with Crippen LogP contribution in [0.1, 0.15) is 38.9 Å². The number of hydrogen-bond acceptors (Lipinski definition) is 4. The van der Waals surface area contributed by atoms with Gasteiger partial charge in [-0.25, -0.2) is 0 Å². The Morgan fingerprint density at radius 1 is 1.43 bits per heavy atom. The van der Waals surface area contributed by atoms with Gasteiger partial charge in [0.25, 0.3) is 5.69 Å². The Kier molecular flexibility index (Phi) is 4.57. The monoisotopic (exact) mass is 291 g/mol. The number of nitrogens with zero attached hydrogens (tertiary/aromatic N) is 2. The molecular weight excluding hydrogens is 270 g/mol. The van der Waals surface area contributed by atoms with Crippen LogP contribution in [0.25, 0.3) is 0 Å². The van der Waals surface area contributed by atoms with Gasteiger partial charge in [0.15, 0.2) is 0 Å². The van der Waals surface area contributed by atoms with E-state index in [9.17, 15) is 14.9 Å². The normalized spacial score (nSPS) is 22.1. The molecule has 0 aromatic heterocycles. The molecule has 0 spiro atoms. The minimum atomic E-state index is -0.415. The number of carbonyl (C=O) groups is 1. The van der Waals surface area contributed by atoms with Gasteiger partial charge in [0.05, 0.1) is 11.0 Å². The van der Waals surface area contributed by atoms with E-state index >= 15 is 0 Å². The third-order valence-corrected chi connectivity index (χ3v) is 3.70. The van der Waals surface area contributed by atoms with Crippen LogP contribution in [-0.4, -0.2) is 28.3 Å². The van der Waals surface area contributed by atoms with E-state index in [1.165, 1.54) is 12.1 Å². The Bertz CT molecular complexity index is 545. The molecule has 1 aliphatic rings. The van der Waals surface area contributed by atoms with E-state index in [0.717, 1.165) is 12.0 Å². The van der Waals surface area contributed by atoms with E-state index in [1.54, 1.807) is 11.0 Å². The molecular formula is C15H21N3O3. The number of carbonyl (C=O) groups excluding carboxylic acids is 1. The van der Waals surface area contributed by atoms with Crippen molar-refractivity contribution in [3.05, 3.63) is 39.9 Å². The smallest absolute Gasteiger partial charge is 0.269 e. The Balaban J connectivity index is 2.27. The Labute approximate surface area is 124 Å². The fraction of sp³-hybridized carbons (Fsp3) is 0.533. The molecule has 1 aromatic carbocycles. The van der Waals surface area contributed by atoms with E-state index in [1.807, 2.05) is 13.0 Å². The van der Waals surface area contributed by atoms with Crippen LogP contribution >= 0.6 is 0 Å². The predicted molar refractivity (Wildman–Crippen MR) is 79.6 cm³/mol. The summed E-state index contributed by atoms with van der Waals surface area (Å²) in [4.78, 5) is 24.6. The quantitative estimate of drug-likeness (QED) is 0.668. The molecule has 1 saturated heterocycles. The lowest BCUT2D eigenvalue weighted by Crippen LogP contribution is -2.31. The van der Waals surface area contributed by atoms with E-state index in [0.29, 0.717) is 12.5 Å². The maximum absolute atomic E-state index is 12.4. The Morgan fingerprint density at radius 2 is 2.14 bits per heavy atom. The number of nitro groups is 1. The second-order valence-electron chi connectivity index (χ2n) is 5.73. The van der Waals surface area contributed by atoms with Gasteiger partial charge in [0.2, 0.25) is 5.91 Å². The summed E-state index contributed by atoms with van der Waals surface area (Å²) < 4.78 is 0. The third-order valence-electron chi connectivity index (χ3n) is 3.70. The molecule has 0 aliphatic carbocycles. The van der Waals surface area contributed by atoms with E-state index < -0.39 is 4.92 Å². The van der Waals surface area contributed by atoms with Gasteiger partial charge in [-0.2, -0.15) is 0 Å². The zero-order valence-corrected chi connectivity index (χ0v) is 12.6. The van der Waals surface area contributed by atoms with Crippen LogP contribution in [0.2, 0.25) is 0 Å². The van der Waals surface area contributed by atoms with Crippen molar-refractivity contribution in [2.75, 3.05) is 6.54 Å². The molecule has 1 aromatic rings. The molecule has 2 rings (SSSR count). The van der Waals surface area contributed by atoms with E-state index in [-0.39, 0.29) is 23.8 Å². The molecule has 6 heteroatoms. The molecule has 0 radical (unpaired) electrons. The fourth-order valence-corrected chi connectivity index (χ4v) is 2.74. The first-order valence-electron chi connectivity index (χ1n) is 7.25. The maximum Gasteiger partial charge on any atom is 0.269 e.